The predicted octanol–water partition coefficient (Wildman–Crippen LogP) is 3.18. The molecule has 0 fully saturated rings. The van der Waals surface area contributed by atoms with Gasteiger partial charge in [0.2, 0.25) is 5.91 Å². The molecule has 0 aliphatic carbocycles. The van der Waals surface area contributed by atoms with Crippen LogP contribution < -0.4 is 5.32 Å². The van der Waals surface area contributed by atoms with Gasteiger partial charge in [-0.25, -0.2) is 0 Å². The van der Waals surface area contributed by atoms with Crippen molar-refractivity contribution in [1.82, 2.24) is 5.32 Å². The standard InChI is InChI=1S/C13H23NO/c15-13-11-9-7-5-3-1-2-4-6-8-10-12-14-13/h2,4H,1,3,5-12H2,(H,14,15)/b4-2-. The van der Waals surface area contributed by atoms with E-state index in [-0.39, 0.29) is 5.91 Å². The molecule has 1 aliphatic heterocycles. The fourth-order valence-corrected chi connectivity index (χ4v) is 1.84. The van der Waals surface area contributed by atoms with E-state index >= 15 is 0 Å². The Labute approximate surface area is 93.1 Å². The van der Waals surface area contributed by atoms with Crippen molar-refractivity contribution in [3.63, 3.8) is 0 Å². The highest BCUT2D eigenvalue weighted by molar-refractivity contribution is 5.75. The zero-order valence-corrected chi connectivity index (χ0v) is 9.63. The van der Waals surface area contributed by atoms with E-state index in [1.54, 1.807) is 0 Å². The fourth-order valence-electron chi connectivity index (χ4n) is 1.84. The number of amides is 1. The Balaban J connectivity index is 2.20. The molecule has 15 heavy (non-hydrogen) atoms. The molecule has 1 heterocycles. The highest BCUT2D eigenvalue weighted by Gasteiger charge is 2.00. The Morgan fingerprint density at radius 3 is 2.33 bits per heavy atom. The predicted molar refractivity (Wildman–Crippen MR) is 63.7 cm³/mol. The lowest BCUT2D eigenvalue weighted by Crippen LogP contribution is -2.23. The van der Waals surface area contributed by atoms with Crippen molar-refractivity contribution < 1.29 is 4.79 Å². The molecule has 0 bridgehead atoms. The van der Waals surface area contributed by atoms with E-state index in [1.807, 2.05) is 0 Å². The molecule has 0 radical (unpaired) electrons. The third-order valence-electron chi connectivity index (χ3n) is 2.81. The summed E-state index contributed by atoms with van der Waals surface area (Å²) in [5.74, 6) is 0.239. The van der Waals surface area contributed by atoms with Gasteiger partial charge in [0.05, 0.1) is 0 Å². The van der Waals surface area contributed by atoms with Crippen molar-refractivity contribution in [2.45, 2.75) is 57.8 Å². The monoisotopic (exact) mass is 209 g/mol. The summed E-state index contributed by atoms with van der Waals surface area (Å²) >= 11 is 0. The third-order valence-corrected chi connectivity index (χ3v) is 2.81. The van der Waals surface area contributed by atoms with Gasteiger partial charge in [-0.15, -0.1) is 0 Å². The molecule has 1 aliphatic rings. The molecule has 0 unspecified atom stereocenters. The summed E-state index contributed by atoms with van der Waals surface area (Å²) in [6, 6.07) is 0. The Kier molecular flexibility index (Phi) is 6.97. The molecule has 0 saturated carbocycles. The van der Waals surface area contributed by atoms with Crippen LogP contribution in [0.4, 0.5) is 0 Å². The van der Waals surface area contributed by atoms with Crippen LogP contribution in [-0.2, 0) is 4.79 Å². The van der Waals surface area contributed by atoms with Crippen LogP contribution in [0.5, 0.6) is 0 Å². The summed E-state index contributed by atoms with van der Waals surface area (Å²) in [4.78, 5) is 11.3. The minimum atomic E-state index is 0.239. The third kappa shape index (κ3) is 7.18. The molecule has 1 rings (SSSR count). The normalized spacial score (nSPS) is 23.9. The first-order chi connectivity index (χ1) is 7.39. The number of carbonyl (C=O) groups is 1. The summed E-state index contributed by atoms with van der Waals surface area (Å²) in [5.41, 5.74) is 0. The lowest BCUT2D eigenvalue weighted by Gasteiger charge is -2.05. The number of hydrogen-bond donors (Lipinski definition) is 1. The highest BCUT2D eigenvalue weighted by atomic mass is 16.1. The zero-order chi connectivity index (χ0) is 10.8. The second kappa shape index (κ2) is 8.51. The van der Waals surface area contributed by atoms with Crippen LogP contribution in [0.1, 0.15) is 57.8 Å². The van der Waals surface area contributed by atoms with E-state index in [2.05, 4.69) is 17.5 Å². The van der Waals surface area contributed by atoms with Crippen LogP contribution in [0.15, 0.2) is 12.2 Å². The first-order valence-electron chi connectivity index (χ1n) is 6.31. The van der Waals surface area contributed by atoms with Crippen molar-refractivity contribution in [3.8, 4) is 0 Å². The Bertz CT molecular complexity index is 199. The topological polar surface area (TPSA) is 29.1 Å². The lowest BCUT2D eigenvalue weighted by atomic mass is 10.1. The highest BCUT2D eigenvalue weighted by Crippen LogP contribution is 2.07. The van der Waals surface area contributed by atoms with Gasteiger partial charge >= 0.3 is 0 Å². The van der Waals surface area contributed by atoms with Gasteiger partial charge in [-0.05, 0) is 38.5 Å². The molecular weight excluding hydrogens is 186 g/mol. The summed E-state index contributed by atoms with van der Waals surface area (Å²) in [6.07, 6.45) is 14.8. The molecule has 0 aromatic heterocycles. The minimum absolute atomic E-state index is 0.239. The molecule has 0 spiro atoms. The molecule has 0 saturated heterocycles. The van der Waals surface area contributed by atoms with E-state index < -0.39 is 0 Å². The second-order valence-electron chi connectivity index (χ2n) is 4.27. The quantitative estimate of drug-likeness (QED) is 0.610. The van der Waals surface area contributed by atoms with Gasteiger partial charge in [0.25, 0.3) is 0 Å². The average Bonchev–Trinajstić information content (AvgIpc) is 2.24. The van der Waals surface area contributed by atoms with E-state index in [0.29, 0.717) is 0 Å². The summed E-state index contributed by atoms with van der Waals surface area (Å²) in [7, 11) is 0. The SMILES string of the molecule is O=C1CCCCCC/C=C\CCCCN1. The maximum Gasteiger partial charge on any atom is 0.219 e. The Hall–Kier alpha value is -0.790. The van der Waals surface area contributed by atoms with Crippen LogP contribution in [0.25, 0.3) is 0 Å². The van der Waals surface area contributed by atoms with Gasteiger partial charge < -0.3 is 5.32 Å². The van der Waals surface area contributed by atoms with Crippen LogP contribution in [0.3, 0.4) is 0 Å². The fraction of sp³-hybridized carbons (Fsp3) is 0.769. The summed E-state index contributed by atoms with van der Waals surface area (Å²) in [6.45, 7) is 0.854. The van der Waals surface area contributed by atoms with Crippen molar-refractivity contribution in [3.05, 3.63) is 12.2 Å². The van der Waals surface area contributed by atoms with Gasteiger partial charge in [0.15, 0.2) is 0 Å². The average molecular weight is 209 g/mol. The first-order valence-corrected chi connectivity index (χ1v) is 6.31. The van der Waals surface area contributed by atoms with Crippen LogP contribution in [-0.4, -0.2) is 12.5 Å². The number of hydrogen-bond acceptors (Lipinski definition) is 1. The number of rotatable bonds is 0. The maximum atomic E-state index is 11.3. The Morgan fingerprint density at radius 1 is 0.867 bits per heavy atom. The van der Waals surface area contributed by atoms with E-state index in [4.69, 9.17) is 0 Å². The van der Waals surface area contributed by atoms with E-state index in [9.17, 15) is 4.79 Å². The van der Waals surface area contributed by atoms with Gasteiger partial charge in [-0.1, -0.05) is 25.0 Å². The summed E-state index contributed by atoms with van der Waals surface area (Å²) < 4.78 is 0. The largest absolute Gasteiger partial charge is 0.356 e. The van der Waals surface area contributed by atoms with Crippen LogP contribution in [0.2, 0.25) is 0 Å². The van der Waals surface area contributed by atoms with Gasteiger partial charge in [0.1, 0.15) is 0 Å². The zero-order valence-electron chi connectivity index (χ0n) is 9.63. The van der Waals surface area contributed by atoms with Gasteiger partial charge in [-0.2, -0.15) is 0 Å². The minimum Gasteiger partial charge on any atom is -0.356 e. The molecular formula is C13H23NO. The molecule has 0 aromatic rings. The molecule has 1 amide bonds. The van der Waals surface area contributed by atoms with E-state index in [1.165, 1.54) is 32.1 Å². The maximum absolute atomic E-state index is 11.3. The number of allylic oxidation sites excluding steroid dienone is 2. The first kappa shape index (κ1) is 12.3. The second-order valence-corrected chi connectivity index (χ2v) is 4.27. The smallest absolute Gasteiger partial charge is 0.219 e. The molecule has 0 atom stereocenters. The van der Waals surface area contributed by atoms with Crippen LogP contribution >= 0.6 is 0 Å². The summed E-state index contributed by atoms with van der Waals surface area (Å²) in [5, 5.41) is 2.97. The van der Waals surface area contributed by atoms with Crippen LogP contribution in [0, 0.1) is 0 Å². The molecule has 86 valence electrons. The number of carbonyl (C=O) groups excluding carboxylic acids is 1. The molecule has 1 N–H and O–H groups in total. The van der Waals surface area contributed by atoms with Crippen molar-refractivity contribution in [2.75, 3.05) is 6.54 Å². The molecule has 0 aromatic carbocycles. The van der Waals surface area contributed by atoms with Crippen molar-refractivity contribution in [1.29, 1.82) is 0 Å². The van der Waals surface area contributed by atoms with E-state index in [0.717, 1.165) is 32.2 Å². The number of nitrogens with one attached hydrogen (secondary N) is 1. The molecule has 2 nitrogen and oxygen atoms in total. The van der Waals surface area contributed by atoms with Gasteiger partial charge in [-0.3, -0.25) is 4.79 Å². The van der Waals surface area contributed by atoms with Gasteiger partial charge in [0, 0.05) is 13.0 Å². The van der Waals surface area contributed by atoms with Crippen molar-refractivity contribution in [2.24, 2.45) is 0 Å². The lowest BCUT2D eigenvalue weighted by molar-refractivity contribution is -0.121. The molecule has 2 heteroatoms. The Morgan fingerprint density at radius 2 is 1.53 bits per heavy atom. The van der Waals surface area contributed by atoms with Crippen molar-refractivity contribution >= 4 is 5.91 Å².